The highest BCUT2D eigenvalue weighted by Crippen LogP contribution is 2.28. The van der Waals surface area contributed by atoms with Gasteiger partial charge < -0.3 is 15.0 Å². The lowest BCUT2D eigenvalue weighted by Gasteiger charge is -2.40. The summed E-state index contributed by atoms with van der Waals surface area (Å²) in [5.74, 6) is -0.0746. The Bertz CT molecular complexity index is 637. The first-order valence-electron chi connectivity index (χ1n) is 8.88. The molecule has 1 aliphatic heterocycles. The molecule has 0 bridgehead atoms. The third kappa shape index (κ3) is 5.88. The van der Waals surface area contributed by atoms with Crippen molar-refractivity contribution in [3.63, 3.8) is 0 Å². The Kier molecular flexibility index (Phi) is 6.89. The first-order chi connectivity index (χ1) is 12.2. The molecule has 2 amide bonds. The molecule has 0 spiro atoms. The van der Waals surface area contributed by atoms with Crippen molar-refractivity contribution in [1.82, 2.24) is 15.1 Å². The van der Waals surface area contributed by atoms with Gasteiger partial charge in [0.2, 0.25) is 5.91 Å². The van der Waals surface area contributed by atoms with Crippen molar-refractivity contribution in [3.8, 4) is 0 Å². The lowest BCUT2D eigenvalue weighted by atomic mass is 10.0. The number of hydrogen-bond donors (Lipinski definition) is 1. The van der Waals surface area contributed by atoms with E-state index in [-0.39, 0.29) is 18.0 Å². The molecule has 1 heterocycles. The van der Waals surface area contributed by atoms with Crippen LogP contribution < -0.4 is 5.32 Å². The summed E-state index contributed by atoms with van der Waals surface area (Å²) in [4.78, 5) is 27.6. The number of amides is 2. The number of nitrogens with zero attached hydrogens (tertiary/aromatic N) is 2. The van der Waals surface area contributed by atoms with Crippen molar-refractivity contribution < 1.29 is 14.3 Å². The van der Waals surface area contributed by atoms with Crippen molar-refractivity contribution in [2.45, 2.75) is 39.3 Å². The predicted molar refractivity (Wildman–Crippen MR) is 102 cm³/mol. The average molecular weight is 382 g/mol. The summed E-state index contributed by atoms with van der Waals surface area (Å²) < 4.78 is 5.45. The fraction of sp³-hybridized carbons (Fsp3) is 0.579. The number of rotatable bonds is 4. The van der Waals surface area contributed by atoms with E-state index in [1.807, 2.05) is 45.0 Å². The number of hydrogen-bond acceptors (Lipinski definition) is 4. The van der Waals surface area contributed by atoms with Crippen LogP contribution in [0.1, 0.15) is 39.3 Å². The summed E-state index contributed by atoms with van der Waals surface area (Å²) in [5, 5.41) is 3.57. The molecule has 1 atom stereocenters. The number of halogens is 1. The molecule has 0 saturated carbocycles. The van der Waals surface area contributed by atoms with E-state index in [1.54, 1.807) is 4.90 Å². The van der Waals surface area contributed by atoms with Crippen molar-refractivity contribution in [1.29, 1.82) is 0 Å². The molecule has 0 radical (unpaired) electrons. The van der Waals surface area contributed by atoms with Gasteiger partial charge in [0.25, 0.3) is 0 Å². The minimum atomic E-state index is -0.500. The highest BCUT2D eigenvalue weighted by atomic mass is 35.5. The second kappa shape index (κ2) is 8.73. The van der Waals surface area contributed by atoms with Gasteiger partial charge in [-0.3, -0.25) is 9.69 Å². The van der Waals surface area contributed by atoms with E-state index in [0.29, 0.717) is 37.7 Å². The van der Waals surface area contributed by atoms with E-state index in [0.717, 1.165) is 5.56 Å². The minimum Gasteiger partial charge on any atom is -0.444 e. The molecule has 1 aromatic rings. The summed E-state index contributed by atoms with van der Waals surface area (Å²) in [6, 6.07) is 7.64. The second-order valence-corrected chi connectivity index (χ2v) is 7.88. The molecule has 1 aliphatic rings. The van der Waals surface area contributed by atoms with Crippen LogP contribution in [0.4, 0.5) is 4.79 Å². The Hall–Kier alpha value is -1.79. The maximum absolute atomic E-state index is 12.2. The summed E-state index contributed by atoms with van der Waals surface area (Å²) >= 11 is 6.38. The van der Waals surface area contributed by atoms with Crippen LogP contribution in [0.2, 0.25) is 5.02 Å². The Balaban J connectivity index is 2.05. The van der Waals surface area contributed by atoms with Gasteiger partial charge in [-0.15, -0.1) is 0 Å². The summed E-state index contributed by atoms with van der Waals surface area (Å²) in [6.07, 6.45) is -0.284. The second-order valence-electron chi connectivity index (χ2n) is 7.48. The Labute approximate surface area is 160 Å². The number of carbonyl (C=O) groups is 2. The first kappa shape index (κ1) is 20.5. The van der Waals surface area contributed by atoms with E-state index in [1.165, 1.54) is 6.92 Å². The molecule has 6 nitrogen and oxygen atoms in total. The van der Waals surface area contributed by atoms with Gasteiger partial charge in [0.1, 0.15) is 5.60 Å². The molecule has 1 N–H and O–H groups in total. The monoisotopic (exact) mass is 381 g/mol. The van der Waals surface area contributed by atoms with Crippen LogP contribution in [0.15, 0.2) is 24.3 Å². The van der Waals surface area contributed by atoms with Crippen LogP contribution in [0.25, 0.3) is 0 Å². The van der Waals surface area contributed by atoms with E-state index in [9.17, 15) is 9.59 Å². The normalized spacial score (nSPS) is 16.9. The van der Waals surface area contributed by atoms with E-state index in [4.69, 9.17) is 16.3 Å². The number of nitrogens with one attached hydrogen (secondary N) is 1. The van der Waals surface area contributed by atoms with Gasteiger partial charge in [0.15, 0.2) is 0 Å². The van der Waals surface area contributed by atoms with Crippen LogP contribution in [0.5, 0.6) is 0 Å². The molecule has 1 fully saturated rings. The summed E-state index contributed by atoms with van der Waals surface area (Å²) in [5.41, 5.74) is 0.480. The number of benzene rings is 1. The topological polar surface area (TPSA) is 61.9 Å². The molecule has 0 aromatic heterocycles. The van der Waals surface area contributed by atoms with Crippen LogP contribution in [-0.2, 0) is 9.53 Å². The highest BCUT2D eigenvalue weighted by Gasteiger charge is 2.30. The van der Waals surface area contributed by atoms with Gasteiger partial charge >= 0.3 is 6.09 Å². The maximum Gasteiger partial charge on any atom is 0.410 e. The smallest absolute Gasteiger partial charge is 0.410 e. The van der Waals surface area contributed by atoms with Gasteiger partial charge in [-0.25, -0.2) is 4.79 Å². The molecular weight excluding hydrogens is 354 g/mol. The zero-order valence-corrected chi connectivity index (χ0v) is 16.7. The Morgan fingerprint density at radius 2 is 1.81 bits per heavy atom. The summed E-state index contributed by atoms with van der Waals surface area (Å²) in [7, 11) is 0. The SMILES string of the molecule is CC(=O)NCC(c1ccccc1Cl)N1CCN(C(=O)OC(C)(C)C)CC1. The van der Waals surface area contributed by atoms with Crippen molar-refractivity contribution in [2.24, 2.45) is 0 Å². The molecular formula is C19H28ClN3O3. The van der Waals surface area contributed by atoms with E-state index in [2.05, 4.69) is 10.2 Å². The lowest BCUT2D eigenvalue weighted by Crippen LogP contribution is -2.52. The fourth-order valence-corrected chi connectivity index (χ4v) is 3.23. The van der Waals surface area contributed by atoms with E-state index < -0.39 is 5.60 Å². The predicted octanol–water partition coefficient (Wildman–Crippen LogP) is 3.07. The minimum absolute atomic E-state index is 0.0339. The quantitative estimate of drug-likeness (QED) is 0.870. The largest absolute Gasteiger partial charge is 0.444 e. The molecule has 144 valence electrons. The molecule has 1 aromatic carbocycles. The number of carbonyl (C=O) groups excluding carboxylic acids is 2. The first-order valence-corrected chi connectivity index (χ1v) is 9.26. The lowest BCUT2D eigenvalue weighted by molar-refractivity contribution is -0.119. The molecule has 1 unspecified atom stereocenters. The average Bonchev–Trinajstić information content (AvgIpc) is 2.55. The Morgan fingerprint density at radius 1 is 1.19 bits per heavy atom. The molecule has 2 rings (SSSR count). The van der Waals surface area contributed by atoms with E-state index >= 15 is 0 Å². The maximum atomic E-state index is 12.2. The zero-order valence-electron chi connectivity index (χ0n) is 15.9. The van der Waals surface area contributed by atoms with Crippen LogP contribution in [0.3, 0.4) is 0 Å². The zero-order chi connectivity index (χ0) is 19.3. The van der Waals surface area contributed by atoms with Crippen molar-refractivity contribution in [3.05, 3.63) is 34.9 Å². The van der Waals surface area contributed by atoms with Gasteiger partial charge in [-0.05, 0) is 32.4 Å². The Morgan fingerprint density at radius 3 is 2.35 bits per heavy atom. The molecule has 7 heteroatoms. The van der Waals surface area contributed by atoms with Crippen LogP contribution in [-0.4, -0.2) is 60.1 Å². The third-order valence-electron chi connectivity index (χ3n) is 4.22. The number of piperazine rings is 1. The number of ether oxygens (including phenoxy) is 1. The van der Waals surface area contributed by atoms with Gasteiger partial charge in [-0.1, -0.05) is 29.8 Å². The molecule has 1 saturated heterocycles. The summed E-state index contributed by atoms with van der Waals surface area (Å²) in [6.45, 7) is 10.1. The molecule has 0 aliphatic carbocycles. The van der Waals surface area contributed by atoms with Gasteiger partial charge in [0.05, 0.1) is 6.04 Å². The highest BCUT2D eigenvalue weighted by molar-refractivity contribution is 6.31. The van der Waals surface area contributed by atoms with Gasteiger partial charge in [0, 0.05) is 44.7 Å². The molecule has 26 heavy (non-hydrogen) atoms. The van der Waals surface area contributed by atoms with Crippen molar-refractivity contribution in [2.75, 3.05) is 32.7 Å². The van der Waals surface area contributed by atoms with Crippen molar-refractivity contribution >= 4 is 23.6 Å². The van der Waals surface area contributed by atoms with Gasteiger partial charge in [-0.2, -0.15) is 0 Å². The van der Waals surface area contributed by atoms with Crippen LogP contribution in [0, 0.1) is 0 Å². The third-order valence-corrected chi connectivity index (χ3v) is 4.56. The standard InChI is InChI=1S/C19H28ClN3O3/c1-14(24)21-13-17(15-7-5-6-8-16(15)20)22-9-11-23(12-10-22)18(25)26-19(2,3)4/h5-8,17H,9-13H2,1-4H3,(H,21,24). The van der Waals surface area contributed by atoms with Crippen LogP contribution >= 0.6 is 11.6 Å². The fourth-order valence-electron chi connectivity index (χ4n) is 2.96.